The molecule has 0 bridgehead atoms. The number of ether oxygens (including phenoxy) is 3. The van der Waals surface area contributed by atoms with Crippen molar-refractivity contribution < 1.29 is 14.2 Å². The van der Waals surface area contributed by atoms with Gasteiger partial charge >= 0.3 is 0 Å². The Hall–Kier alpha value is -0.760. The molecule has 1 spiro atoms. The van der Waals surface area contributed by atoms with Gasteiger partial charge in [-0.25, -0.2) is 4.98 Å². The summed E-state index contributed by atoms with van der Waals surface area (Å²) in [5, 5.41) is 0.956. The van der Waals surface area contributed by atoms with Gasteiger partial charge in [0.15, 0.2) is 5.82 Å². The second kappa shape index (κ2) is 5.93. The molecule has 0 amide bonds. The van der Waals surface area contributed by atoms with E-state index in [9.17, 15) is 0 Å². The van der Waals surface area contributed by atoms with Crippen molar-refractivity contribution >= 4 is 16.7 Å². The first-order valence-corrected chi connectivity index (χ1v) is 7.80. The number of hydrogen-bond acceptors (Lipinski definition) is 7. The molecule has 2 fully saturated rings. The van der Waals surface area contributed by atoms with Gasteiger partial charge in [-0.05, 0) is 19.8 Å². The van der Waals surface area contributed by atoms with Gasteiger partial charge in [-0.2, -0.15) is 4.37 Å². The van der Waals surface area contributed by atoms with E-state index in [1.165, 1.54) is 11.5 Å². The summed E-state index contributed by atoms with van der Waals surface area (Å²) in [6, 6.07) is 0. The molecule has 20 heavy (non-hydrogen) atoms. The maximum absolute atomic E-state index is 6.19. The highest BCUT2D eigenvalue weighted by molar-refractivity contribution is 7.09. The molecule has 6 nitrogen and oxygen atoms in total. The molecule has 7 heteroatoms. The zero-order valence-corrected chi connectivity index (χ0v) is 12.8. The van der Waals surface area contributed by atoms with E-state index < -0.39 is 0 Å². The Morgan fingerprint density at radius 3 is 3.20 bits per heavy atom. The Morgan fingerprint density at radius 1 is 1.55 bits per heavy atom. The number of methoxy groups -OCH3 is 1. The monoisotopic (exact) mass is 299 g/mol. The van der Waals surface area contributed by atoms with Crippen LogP contribution in [0, 0.1) is 0 Å². The molecule has 3 rings (SSSR count). The van der Waals surface area contributed by atoms with E-state index in [0.717, 1.165) is 43.5 Å². The first-order chi connectivity index (χ1) is 9.71. The van der Waals surface area contributed by atoms with Gasteiger partial charge in [0.2, 0.25) is 5.13 Å². The van der Waals surface area contributed by atoms with Crippen LogP contribution in [0.5, 0.6) is 0 Å². The van der Waals surface area contributed by atoms with Crippen LogP contribution >= 0.6 is 11.5 Å². The highest BCUT2D eigenvalue weighted by atomic mass is 32.1. The van der Waals surface area contributed by atoms with Crippen molar-refractivity contribution in [2.45, 2.75) is 38.1 Å². The third-order valence-corrected chi connectivity index (χ3v) is 4.51. The number of morpholine rings is 1. The first kappa shape index (κ1) is 14.2. The van der Waals surface area contributed by atoms with Crippen LogP contribution < -0.4 is 4.90 Å². The fourth-order valence-electron chi connectivity index (χ4n) is 2.98. The van der Waals surface area contributed by atoms with Crippen molar-refractivity contribution in [3.05, 3.63) is 5.82 Å². The van der Waals surface area contributed by atoms with Gasteiger partial charge < -0.3 is 19.1 Å². The summed E-state index contributed by atoms with van der Waals surface area (Å²) in [5.74, 6) is 0.751. The second-order valence-electron chi connectivity index (χ2n) is 5.57. The van der Waals surface area contributed by atoms with Crippen LogP contribution in [-0.4, -0.2) is 54.5 Å². The molecule has 0 radical (unpaired) electrons. The SMILES string of the molecule is COCc1nsc(N2C[C@H](C)O[C@]3(CCCOC3)C2)n1. The van der Waals surface area contributed by atoms with Gasteiger partial charge in [0.05, 0.1) is 19.3 Å². The lowest BCUT2D eigenvalue weighted by molar-refractivity contribution is -0.160. The van der Waals surface area contributed by atoms with E-state index in [4.69, 9.17) is 14.2 Å². The van der Waals surface area contributed by atoms with Crippen molar-refractivity contribution in [3.8, 4) is 0 Å². The van der Waals surface area contributed by atoms with Crippen LogP contribution in [0.4, 0.5) is 5.13 Å². The van der Waals surface area contributed by atoms with Gasteiger partial charge in [-0.3, -0.25) is 0 Å². The quantitative estimate of drug-likeness (QED) is 0.842. The van der Waals surface area contributed by atoms with Gasteiger partial charge in [0, 0.05) is 31.8 Å². The lowest BCUT2D eigenvalue weighted by Crippen LogP contribution is -2.58. The van der Waals surface area contributed by atoms with Gasteiger partial charge in [-0.1, -0.05) is 0 Å². The average Bonchev–Trinajstić information content (AvgIpc) is 2.88. The Kier molecular flexibility index (Phi) is 4.21. The standard InChI is InChI=1S/C13H21N3O3S/c1-10-6-16(12-14-11(7-17-2)15-20-12)8-13(19-10)4-3-5-18-9-13/h10H,3-9H2,1-2H3/t10-,13+/m0/s1. The van der Waals surface area contributed by atoms with E-state index in [-0.39, 0.29) is 11.7 Å². The van der Waals surface area contributed by atoms with E-state index in [1.54, 1.807) is 7.11 Å². The summed E-state index contributed by atoms with van der Waals surface area (Å²) in [6.45, 7) is 5.78. The van der Waals surface area contributed by atoms with Crippen LogP contribution in [0.2, 0.25) is 0 Å². The summed E-state index contributed by atoms with van der Waals surface area (Å²) in [7, 11) is 1.66. The summed E-state index contributed by atoms with van der Waals surface area (Å²) >= 11 is 1.43. The third kappa shape index (κ3) is 2.95. The number of anilines is 1. The minimum atomic E-state index is -0.178. The molecular weight excluding hydrogens is 278 g/mol. The molecule has 2 aliphatic rings. The predicted octanol–water partition coefficient (Wildman–Crippen LogP) is 1.46. The van der Waals surface area contributed by atoms with Gasteiger partial charge in [-0.15, -0.1) is 0 Å². The summed E-state index contributed by atoms with van der Waals surface area (Å²) < 4.78 is 21.2. The minimum Gasteiger partial charge on any atom is -0.378 e. The van der Waals surface area contributed by atoms with Crippen LogP contribution in [0.3, 0.4) is 0 Å². The zero-order valence-electron chi connectivity index (χ0n) is 12.0. The number of aromatic nitrogens is 2. The van der Waals surface area contributed by atoms with Gasteiger partial charge in [0.25, 0.3) is 0 Å². The molecule has 2 atom stereocenters. The molecule has 3 heterocycles. The van der Waals surface area contributed by atoms with Gasteiger partial charge in [0.1, 0.15) is 12.2 Å². The van der Waals surface area contributed by atoms with Crippen LogP contribution in [-0.2, 0) is 20.8 Å². The maximum Gasteiger partial charge on any atom is 0.205 e. The normalized spacial score (nSPS) is 30.9. The van der Waals surface area contributed by atoms with Crippen LogP contribution in [0.25, 0.3) is 0 Å². The number of nitrogens with zero attached hydrogens (tertiary/aromatic N) is 3. The largest absolute Gasteiger partial charge is 0.378 e. The van der Waals surface area contributed by atoms with Crippen molar-refractivity contribution in [1.29, 1.82) is 0 Å². The molecule has 112 valence electrons. The fourth-order valence-corrected chi connectivity index (χ4v) is 3.66. The molecule has 0 N–H and O–H groups in total. The Labute approximate surface area is 123 Å². The topological polar surface area (TPSA) is 56.7 Å². The summed E-state index contributed by atoms with van der Waals surface area (Å²) in [5.41, 5.74) is -0.178. The zero-order chi connectivity index (χ0) is 14.0. The first-order valence-electron chi connectivity index (χ1n) is 7.03. The average molecular weight is 299 g/mol. The van der Waals surface area contributed by atoms with Crippen LogP contribution in [0.15, 0.2) is 0 Å². The second-order valence-corrected chi connectivity index (χ2v) is 6.30. The molecule has 2 saturated heterocycles. The van der Waals surface area contributed by atoms with E-state index in [2.05, 4.69) is 21.2 Å². The van der Waals surface area contributed by atoms with E-state index in [1.807, 2.05) is 0 Å². The highest BCUT2D eigenvalue weighted by Crippen LogP contribution is 2.33. The molecule has 0 unspecified atom stereocenters. The smallest absolute Gasteiger partial charge is 0.205 e. The minimum absolute atomic E-state index is 0.178. The van der Waals surface area contributed by atoms with Crippen molar-refractivity contribution in [1.82, 2.24) is 9.36 Å². The lowest BCUT2D eigenvalue weighted by atomic mass is 9.93. The predicted molar refractivity (Wildman–Crippen MR) is 76.2 cm³/mol. The Morgan fingerprint density at radius 2 is 2.45 bits per heavy atom. The number of hydrogen-bond donors (Lipinski definition) is 0. The fraction of sp³-hybridized carbons (Fsp3) is 0.846. The number of rotatable bonds is 3. The molecule has 0 saturated carbocycles. The molecule has 1 aromatic rings. The van der Waals surface area contributed by atoms with Crippen molar-refractivity contribution in [2.75, 3.05) is 38.3 Å². The van der Waals surface area contributed by atoms with Crippen LogP contribution in [0.1, 0.15) is 25.6 Å². The Balaban J connectivity index is 1.74. The molecule has 0 aromatic carbocycles. The highest BCUT2D eigenvalue weighted by Gasteiger charge is 2.42. The third-order valence-electron chi connectivity index (χ3n) is 3.70. The lowest BCUT2D eigenvalue weighted by Gasteiger charge is -2.47. The molecule has 2 aliphatic heterocycles. The Bertz CT molecular complexity index is 448. The molecule has 1 aromatic heterocycles. The van der Waals surface area contributed by atoms with Crippen molar-refractivity contribution in [3.63, 3.8) is 0 Å². The summed E-state index contributed by atoms with van der Waals surface area (Å²) in [6.07, 6.45) is 2.30. The molecular formula is C13H21N3O3S. The molecule has 0 aliphatic carbocycles. The maximum atomic E-state index is 6.19. The summed E-state index contributed by atoms with van der Waals surface area (Å²) in [4.78, 5) is 6.83. The van der Waals surface area contributed by atoms with E-state index >= 15 is 0 Å². The van der Waals surface area contributed by atoms with Crippen molar-refractivity contribution in [2.24, 2.45) is 0 Å². The van der Waals surface area contributed by atoms with E-state index in [0.29, 0.717) is 13.2 Å².